The molecule has 2 amide bonds. The summed E-state index contributed by atoms with van der Waals surface area (Å²) in [5, 5.41) is 12.1. The van der Waals surface area contributed by atoms with Gasteiger partial charge in [-0.1, -0.05) is 15.9 Å². The molecule has 5 nitrogen and oxygen atoms in total. The van der Waals surface area contributed by atoms with Crippen LogP contribution in [0.4, 0.5) is 19.3 Å². The molecule has 1 rings (SSSR count). The molecule has 1 aromatic carbocycles. The molecule has 0 spiro atoms. The number of aliphatic carboxylic acids is 1. The molecule has 0 radical (unpaired) electrons. The van der Waals surface area contributed by atoms with Crippen molar-refractivity contribution in [3.63, 3.8) is 0 Å². The van der Waals surface area contributed by atoms with E-state index in [4.69, 9.17) is 5.11 Å². The average Bonchev–Trinajstić information content (AvgIpc) is 2.20. The van der Waals surface area contributed by atoms with Gasteiger partial charge in [-0.15, -0.1) is 0 Å². The molecule has 0 aliphatic heterocycles. The molecule has 0 atom stereocenters. The van der Waals surface area contributed by atoms with E-state index in [-0.39, 0.29) is 4.47 Å². The van der Waals surface area contributed by atoms with Gasteiger partial charge in [0.15, 0.2) is 11.6 Å². The van der Waals surface area contributed by atoms with E-state index in [9.17, 15) is 18.4 Å². The highest BCUT2D eigenvalue weighted by molar-refractivity contribution is 9.10. The molecule has 8 heteroatoms. The third-order valence-corrected chi connectivity index (χ3v) is 2.10. The summed E-state index contributed by atoms with van der Waals surface area (Å²) in [7, 11) is 0. The van der Waals surface area contributed by atoms with E-state index in [1.165, 1.54) is 0 Å². The smallest absolute Gasteiger partial charge is 0.323 e. The topological polar surface area (TPSA) is 78.4 Å². The molecule has 17 heavy (non-hydrogen) atoms. The van der Waals surface area contributed by atoms with Crippen molar-refractivity contribution in [2.24, 2.45) is 0 Å². The van der Waals surface area contributed by atoms with Crippen LogP contribution >= 0.6 is 15.9 Å². The number of hydrogen-bond donors (Lipinski definition) is 3. The van der Waals surface area contributed by atoms with Gasteiger partial charge in [-0.3, -0.25) is 4.79 Å². The lowest BCUT2D eigenvalue weighted by Crippen LogP contribution is -2.33. The molecular formula is C9H7BrF2N2O3. The molecule has 0 saturated heterocycles. The number of halogens is 3. The Kier molecular flexibility index (Phi) is 4.38. The quantitative estimate of drug-likeness (QED) is 0.798. The maximum atomic E-state index is 13.2. The van der Waals surface area contributed by atoms with Crippen LogP contribution in [0.1, 0.15) is 0 Å². The molecule has 0 bridgehead atoms. The summed E-state index contributed by atoms with van der Waals surface area (Å²) in [6, 6.07) is 0.929. The summed E-state index contributed by atoms with van der Waals surface area (Å²) >= 11 is 2.88. The third kappa shape index (κ3) is 3.99. The van der Waals surface area contributed by atoms with Gasteiger partial charge in [0, 0.05) is 4.47 Å². The first-order chi connectivity index (χ1) is 7.90. The molecular weight excluding hydrogens is 302 g/mol. The second-order valence-electron chi connectivity index (χ2n) is 2.95. The van der Waals surface area contributed by atoms with Gasteiger partial charge in [-0.05, 0) is 12.1 Å². The van der Waals surface area contributed by atoms with E-state index in [0.29, 0.717) is 0 Å². The van der Waals surface area contributed by atoms with Gasteiger partial charge >= 0.3 is 12.0 Å². The van der Waals surface area contributed by atoms with Gasteiger partial charge < -0.3 is 15.7 Å². The maximum Gasteiger partial charge on any atom is 0.323 e. The van der Waals surface area contributed by atoms with E-state index in [1.807, 2.05) is 10.6 Å². The molecule has 0 heterocycles. The molecule has 92 valence electrons. The zero-order valence-corrected chi connectivity index (χ0v) is 9.85. The number of anilines is 1. The number of carbonyl (C=O) groups excluding carboxylic acids is 1. The first-order valence-electron chi connectivity index (χ1n) is 4.31. The summed E-state index contributed by atoms with van der Waals surface area (Å²) < 4.78 is 26.7. The summed E-state index contributed by atoms with van der Waals surface area (Å²) in [5.74, 6) is -3.21. The molecule has 0 saturated carbocycles. The summed E-state index contributed by atoms with van der Waals surface area (Å²) in [4.78, 5) is 21.2. The molecule has 0 aliphatic carbocycles. The zero-order chi connectivity index (χ0) is 13.0. The number of carboxylic acid groups (broad SMARTS) is 1. The molecule has 0 aliphatic rings. The Hall–Kier alpha value is -1.70. The Morgan fingerprint density at radius 3 is 2.29 bits per heavy atom. The van der Waals surface area contributed by atoms with Crippen molar-refractivity contribution in [2.45, 2.75) is 0 Å². The van der Waals surface area contributed by atoms with Crippen LogP contribution in [0.5, 0.6) is 0 Å². The van der Waals surface area contributed by atoms with Crippen molar-refractivity contribution in [2.75, 3.05) is 11.9 Å². The summed E-state index contributed by atoms with van der Waals surface area (Å²) in [6.07, 6.45) is 0. The number of carboxylic acids is 1. The fraction of sp³-hybridized carbons (Fsp3) is 0.111. The van der Waals surface area contributed by atoms with Crippen LogP contribution in [0.3, 0.4) is 0 Å². The fourth-order valence-electron chi connectivity index (χ4n) is 0.975. The van der Waals surface area contributed by atoms with E-state index in [2.05, 4.69) is 15.9 Å². The van der Waals surface area contributed by atoms with Crippen molar-refractivity contribution < 1.29 is 23.5 Å². The average molecular weight is 309 g/mol. The van der Waals surface area contributed by atoms with Crippen LogP contribution in [0.25, 0.3) is 0 Å². The first kappa shape index (κ1) is 13.4. The highest BCUT2D eigenvalue weighted by Crippen LogP contribution is 2.23. The van der Waals surface area contributed by atoms with Gasteiger partial charge in [0.2, 0.25) is 0 Å². The summed E-state index contributed by atoms with van der Waals surface area (Å²) in [5.41, 5.74) is -0.643. The largest absolute Gasteiger partial charge is 0.480 e. The van der Waals surface area contributed by atoms with Crippen molar-refractivity contribution in [1.82, 2.24) is 5.32 Å². The van der Waals surface area contributed by atoms with E-state index in [0.717, 1.165) is 12.1 Å². The van der Waals surface area contributed by atoms with Gasteiger partial charge in [0.05, 0.1) is 0 Å². The highest BCUT2D eigenvalue weighted by atomic mass is 79.9. The molecule has 0 unspecified atom stereocenters. The van der Waals surface area contributed by atoms with Crippen molar-refractivity contribution in [1.29, 1.82) is 0 Å². The predicted octanol–water partition coefficient (Wildman–Crippen LogP) is 1.93. The van der Waals surface area contributed by atoms with Gasteiger partial charge in [0.25, 0.3) is 0 Å². The zero-order valence-electron chi connectivity index (χ0n) is 8.26. The monoisotopic (exact) mass is 308 g/mol. The van der Waals surface area contributed by atoms with Crippen molar-refractivity contribution in [3.8, 4) is 0 Å². The minimum absolute atomic E-state index is 0.184. The Morgan fingerprint density at radius 2 is 1.82 bits per heavy atom. The van der Waals surface area contributed by atoms with Crippen molar-refractivity contribution >= 4 is 33.6 Å². The Morgan fingerprint density at radius 1 is 1.29 bits per heavy atom. The van der Waals surface area contributed by atoms with Crippen LogP contribution in [-0.4, -0.2) is 23.7 Å². The lowest BCUT2D eigenvalue weighted by molar-refractivity contribution is -0.135. The number of urea groups is 1. The lowest BCUT2D eigenvalue weighted by atomic mass is 10.3. The Balaban J connectivity index is 2.75. The molecule has 1 aromatic rings. The van der Waals surface area contributed by atoms with Crippen LogP contribution < -0.4 is 10.6 Å². The van der Waals surface area contributed by atoms with E-state index < -0.39 is 35.9 Å². The van der Waals surface area contributed by atoms with Crippen LogP contribution in [0.15, 0.2) is 16.6 Å². The number of benzene rings is 1. The third-order valence-electron chi connectivity index (χ3n) is 1.65. The van der Waals surface area contributed by atoms with E-state index in [1.54, 1.807) is 0 Å². The van der Waals surface area contributed by atoms with Crippen molar-refractivity contribution in [3.05, 3.63) is 28.2 Å². The van der Waals surface area contributed by atoms with Crippen LogP contribution in [0, 0.1) is 11.6 Å². The minimum Gasteiger partial charge on any atom is -0.480 e. The fourth-order valence-corrected chi connectivity index (χ4v) is 1.38. The standard InChI is InChI=1S/C9H7BrF2N2O3/c10-4-1-5(11)8(6(12)2-4)14-9(17)13-3-7(15)16/h1-2H,3H2,(H,15,16)(H2,13,14,17). The van der Waals surface area contributed by atoms with Crippen LogP contribution in [0.2, 0.25) is 0 Å². The number of nitrogens with one attached hydrogen (secondary N) is 2. The predicted molar refractivity (Wildman–Crippen MR) is 58.7 cm³/mol. The number of rotatable bonds is 3. The second kappa shape index (κ2) is 5.58. The van der Waals surface area contributed by atoms with Gasteiger partial charge in [0.1, 0.15) is 12.2 Å². The molecule has 0 aromatic heterocycles. The SMILES string of the molecule is O=C(O)CNC(=O)Nc1c(F)cc(Br)cc1F. The first-order valence-corrected chi connectivity index (χ1v) is 5.10. The Labute approximate surface area is 103 Å². The summed E-state index contributed by atoms with van der Waals surface area (Å²) in [6.45, 7) is -0.647. The lowest BCUT2D eigenvalue weighted by Gasteiger charge is -2.08. The van der Waals surface area contributed by atoms with Gasteiger partial charge in [-0.2, -0.15) is 0 Å². The van der Waals surface area contributed by atoms with E-state index >= 15 is 0 Å². The Bertz CT molecular complexity index is 445. The maximum absolute atomic E-state index is 13.2. The van der Waals surface area contributed by atoms with Gasteiger partial charge in [-0.25, -0.2) is 13.6 Å². The molecule has 3 N–H and O–H groups in total. The minimum atomic E-state index is -1.27. The second-order valence-corrected chi connectivity index (χ2v) is 3.86. The molecule has 0 fully saturated rings. The number of carbonyl (C=O) groups is 2. The normalized spacial score (nSPS) is 9.82. The number of amides is 2. The van der Waals surface area contributed by atoms with Crippen LogP contribution in [-0.2, 0) is 4.79 Å². The number of hydrogen-bond acceptors (Lipinski definition) is 2. The highest BCUT2D eigenvalue weighted by Gasteiger charge is 2.13.